The number of benzene rings is 1. The number of nitrogens with zero attached hydrogens (tertiary/aromatic N) is 1. The van der Waals surface area contributed by atoms with E-state index in [2.05, 4.69) is 46.8 Å². The van der Waals surface area contributed by atoms with E-state index in [1.807, 2.05) is 13.0 Å². The Morgan fingerprint density at radius 1 is 0.957 bits per heavy atom. The second kappa shape index (κ2) is 11.4. The molecule has 0 atom stereocenters. The fraction of sp³-hybridized carbons (Fsp3) is 0.526. The van der Waals surface area contributed by atoms with Gasteiger partial charge in [0.15, 0.2) is 0 Å². The summed E-state index contributed by atoms with van der Waals surface area (Å²) in [5.74, 6) is 0. The largest absolute Gasteiger partial charge is 0.383 e. The van der Waals surface area contributed by atoms with Gasteiger partial charge in [0.05, 0.1) is 5.52 Å². The number of hydrogen-bond donors (Lipinski definition) is 2. The van der Waals surface area contributed by atoms with E-state index in [4.69, 9.17) is 0 Å². The highest BCUT2D eigenvalue weighted by molar-refractivity contribution is 8.93. The summed E-state index contributed by atoms with van der Waals surface area (Å²) in [6.07, 6.45) is 6.70. The fourth-order valence-electron chi connectivity index (χ4n) is 2.72. The average Bonchev–Trinajstić information content (AvgIpc) is 2.53. The molecule has 128 valence electrons. The SMILES string of the molecule is Br.CCCCCCCNCCNc1cc(C)nc2ccccc12. The van der Waals surface area contributed by atoms with Crippen molar-refractivity contribution in [2.75, 3.05) is 25.0 Å². The topological polar surface area (TPSA) is 37.0 Å². The van der Waals surface area contributed by atoms with Crippen LogP contribution < -0.4 is 10.6 Å². The van der Waals surface area contributed by atoms with Gasteiger partial charge in [-0.25, -0.2) is 0 Å². The monoisotopic (exact) mass is 379 g/mol. The summed E-state index contributed by atoms with van der Waals surface area (Å²) in [6, 6.07) is 10.4. The van der Waals surface area contributed by atoms with Crippen molar-refractivity contribution in [1.82, 2.24) is 10.3 Å². The predicted octanol–water partition coefficient (Wildman–Crippen LogP) is 5.09. The Balaban J connectivity index is 0.00000264. The van der Waals surface area contributed by atoms with Crippen molar-refractivity contribution in [1.29, 1.82) is 0 Å². The van der Waals surface area contributed by atoms with Crippen LogP contribution >= 0.6 is 17.0 Å². The van der Waals surface area contributed by atoms with Crippen LogP contribution in [0.25, 0.3) is 10.9 Å². The first-order valence-electron chi connectivity index (χ1n) is 8.62. The standard InChI is InChI=1S/C19H29N3.BrH/c1-3-4-5-6-9-12-20-13-14-21-19-15-16(2)22-18-11-8-7-10-17(18)19;/h7-8,10-11,15,20H,3-6,9,12-14H2,1-2H3,(H,21,22);1H. The molecule has 3 nitrogen and oxygen atoms in total. The molecule has 4 heteroatoms. The second-order valence-electron chi connectivity index (χ2n) is 5.92. The molecule has 2 rings (SSSR count). The normalized spacial score (nSPS) is 10.5. The molecule has 0 fully saturated rings. The Hall–Kier alpha value is -1.13. The van der Waals surface area contributed by atoms with Crippen LogP contribution in [0, 0.1) is 6.92 Å². The second-order valence-corrected chi connectivity index (χ2v) is 5.92. The van der Waals surface area contributed by atoms with E-state index in [1.54, 1.807) is 0 Å². The summed E-state index contributed by atoms with van der Waals surface area (Å²) in [4.78, 5) is 4.57. The van der Waals surface area contributed by atoms with Crippen molar-refractivity contribution in [2.24, 2.45) is 0 Å². The van der Waals surface area contributed by atoms with Gasteiger partial charge < -0.3 is 10.6 Å². The molecule has 0 amide bonds. The molecule has 0 saturated carbocycles. The third-order valence-electron chi connectivity index (χ3n) is 3.92. The maximum Gasteiger partial charge on any atom is 0.0725 e. The van der Waals surface area contributed by atoms with E-state index < -0.39 is 0 Å². The van der Waals surface area contributed by atoms with Crippen LogP contribution in [0.15, 0.2) is 30.3 Å². The highest BCUT2D eigenvalue weighted by atomic mass is 79.9. The molecule has 0 bridgehead atoms. The Labute approximate surface area is 151 Å². The number of aryl methyl sites for hydroxylation is 1. The van der Waals surface area contributed by atoms with E-state index in [-0.39, 0.29) is 17.0 Å². The summed E-state index contributed by atoms with van der Waals surface area (Å²) in [7, 11) is 0. The Morgan fingerprint density at radius 3 is 2.57 bits per heavy atom. The molecule has 2 aromatic rings. The number of pyridine rings is 1. The predicted molar refractivity (Wildman–Crippen MR) is 107 cm³/mol. The van der Waals surface area contributed by atoms with Crippen LogP contribution in [-0.2, 0) is 0 Å². The molecule has 0 aliphatic rings. The summed E-state index contributed by atoms with van der Waals surface area (Å²) in [5.41, 5.74) is 3.31. The van der Waals surface area contributed by atoms with Crippen molar-refractivity contribution < 1.29 is 0 Å². The lowest BCUT2D eigenvalue weighted by Crippen LogP contribution is -2.23. The molecule has 0 saturated heterocycles. The first-order chi connectivity index (χ1) is 10.8. The van der Waals surface area contributed by atoms with Gasteiger partial charge in [0.25, 0.3) is 0 Å². The van der Waals surface area contributed by atoms with Gasteiger partial charge >= 0.3 is 0 Å². The molecule has 1 heterocycles. The van der Waals surface area contributed by atoms with E-state index in [0.29, 0.717) is 0 Å². The molecule has 0 spiro atoms. The van der Waals surface area contributed by atoms with Crippen molar-refractivity contribution in [3.05, 3.63) is 36.0 Å². The zero-order chi connectivity index (χ0) is 15.6. The van der Waals surface area contributed by atoms with Gasteiger partial charge in [-0.15, -0.1) is 17.0 Å². The van der Waals surface area contributed by atoms with Crippen LogP contribution in [0.5, 0.6) is 0 Å². The van der Waals surface area contributed by atoms with E-state index in [1.165, 1.54) is 43.2 Å². The number of rotatable bonds is 10. The van der Waals surface area contributed by atoms with Crippen LogP contribution in [0.1, 0.15) is 44.7 Å². The number of nitrogens with one attached hydrogen (secondary N) is 2. The number of anilines is 1. The summed E-state index contributed by atoms with van der Waals surface area (Å²) in [6.45, 7) is 7.38. The lowest BCUT2D eigenvalue weighted by atomic mass is 10.1. The van der Waals surface area contributed by atoms with Crippen LogP contribution in [-0.4, -0.2) is 24.6 Å². The summed E-state index contributed by atoms with van der Waals surface area (Å²) >= 11 is 0. The smallest absolute Gasteiger partial charge is 0.0725 e. The maximum atomic E-state index is 4.57. The zero-order valence-electron chi connectivity index (χ0n) is 14.4. The number of hydrogen-bond acceptors (Lipinski definition) is 3. The van der Waals surface area contributed by atoms with Gasteiger partial charge in [-0.3, -0.25) is 4.98 Å². The molecule has 1 aromatic heterocycles. The lowest BCUT2D eigenvalue weighted by Gasteiger charge is -2.11. The number of unbranched alkanes of at least 4 members (excludes halogenated alkanes) is 4. The van der Waals surface area contributed by atoms with Crippen LogP contribution in [0.3, 0.4) is 0 Å². The molecule has 0 unspecified atom stereocenters. The molecule has 0 aliphatic heterocycles. The van der Waals surface area contributed by atoms with Gasteiger partial charge in [0.1, 0.15) is 0 Å². The Bertz CT molecular complexity index is 572. The highest BCUT2D eigenvalue weighted by Gasteiger charge is 2.02. The summed E-state index contributed by atoms with van der Waals surface area (Å²) in [5, 5.41) is 8.26. The average molecular weight is 380 g/mol. The van der Waals surface area contributed by atoms with Crippen LogP contribution in [0.2, 0.25) is 0 Å². The van der Waals surface area contributed by atoms with E-state index in [0.717, 1.165) is 30.8 Å². The maximum absolute atomic E-state index is 4.57. The number of fused-ring (bicyclic) bond motifs is 1. The number of halogens is 1. The first-order valence-corrected chi connectivity index (χ1v) is 8.62. The molecule has 0 radical (unpaired) electrons. The third-order valence-corrected chi connectivity index (χ3v) is 3.92. The fourth-order valence-corrected chi connectivity index (χ4v) is 2.72. The highest BCUT2D eigenvalue weighted by Crippen LogP contribution is 2.22. The van der Waals surface area contributed by atoms with Crippen molar-refractivity contribution in [3.8, 4) is 0 Å². The van der Waals surface area contributed by atoms with E-state index >= 15 is 0 Å². The van der Waals surface area contributed by atoms with Gasteiger partial charge in [0.2, 0.25) is 0 Å². The van der Waals surface area contributed by atoms with Gasteiger partial charge in [-0.2, -0.15) is 0 Å². The van der Waals surface area contributed by atoms with Crippen molar-refractivity contribution in [2.45, 2.75) is 46.0 Å². The molecule has 23 heavy (non-hydrogen) atoms. The minimum Gasteiger partial charge on any atom is -0.383 e. The molecule has 1 aromatic carbocycles. The zero-order valence-corrected chi connectivity index (χ0v) is 16.1. The van der Waals surface area contributed by atoms with Gasteiger partial charge in [0, 0.05) is 29.9 Å². The lowest BCUT2D eigenvalue weighted by molar-refractivity contribution is 0.589. The quantitative estimate of drug-likeness (QED) is 0.564. The molecule has 2 N–H and O–H groups in total. The molecular formula is C19H30BrN3. The van der Waals surface area contributed by atoms with Crippen molar-refractivity contribution in [3.63, 3.8) is 0 Å². The van der Waals surface area contributed by atoms with Gasteiger partial charge in [-0.1, -0.05) is 50.8 Å². The van der Waals surface area contributed by atoms with Crippen molar-refractivity contribution >= 4 is 33.6 Å². The minimum absolute atomic E-state index is 0. The minimum atomic E-state index is 0. The number of aromatic nitrogens is 1. The first kappa shape index (κ1) is 19.9. The van der Waals surface area contributed by atoms with Crippen LogP contribution in [0.4, 0.5) is 5.69 Å². The Morgan fingerprint density at radius 2 is 1.74 bits per heavy atom. The molecular weight excluding hydrogens is 350 g/mol. The van der Waals surface area contributed by atoms with Gasteiger partial charge in [-0.05, 0) is 32.0 Å². The number of para-hydroxylation sites is 1. The third kappa shape index (κ3) is 6.88. The molecule has 0 aliphatic carbocycles. The Kier molecular flexibility index (Phi) is 9.88. The van der Waals surface area contributed by atoms with E-state index in [9.17, 15) is 0 Å². The summed E-state index contributed by atoms with van der Waals surface area (Å²) < 4.78 is 0.